The molecular formula is C34H35N3O2. The van der Waals surface area contributed by atoms with Crippen LogP contribution in [0.5, 0.6) is 5.75 Å². The van der Waals surface area contributed by atoms with Gasteiger partial charge in [-0.05, 0) is 47.9 Å². The van der Waals surface area contributed by atoms with Crippen molar-refractivity contribution in [2.45, 2.75) is 45.7 Å². The number of aromatic nitrogens is 2. The number of amides is 1. The van der Waals surface area contributed by atoms with E-state index in [9.17, 15) is 4.79 Å². The summed E-state index contributed by atoms with van der Waals surface area (Å²) in [7, 11) is 1.67. The van der Waals surface area contributed by atoms with Gasteiger partial charge >= 0.3 is 0 Å². The van der Waals surface area contributed by atoms with Gasteiger partial charge in [0.05, 0.1) is 13.2 Å². The van der Waals surface area contributed by atoms with Gasteiger partial charge in [0.2, 0.25) is 0 Å². The molecule has 5 rings (SSSR count). The standard InChI is InChI=1S/C34H35N3O2/c1-4-6-17-30(24-13-9-7-10-14-24)35-34(38)32-31(36-33(37(32)5-2)25-15-11-8-12-16-25)28-19-18-27-23-29(39-3)21-20-26(27)22-28/h7-16,18-23,30H,4-6,17H2,1-3H3,(H,35,38). The van der Waals surface area contributed by atoms with E-state index < -0.39 is 0 Å². The van der Waals surface area contributed by atoms with Crippen molar-refractivity contribution in [2.24, 2.45) is 0 Å². The number of fused-ring (bicyclic) bond motifs is 1. The largest absolute Gasteiger partial charge is 0.497 e. The third-order valence-corrected chi connectivity index (χ3v) is 7.21. The number of ether oxygens (including phenoxy) is 1. The Labute approximate surface area is 230 Å². The quantitative estimate of drug-likeness (QED) is 0.204. The summed E-state index contributed by atoms with van der Waals surface area (Å²) < 4.78 is 7.44. The maximum atomic E-state index is 14.2. The first kappa shape index (κ1) is 26.2. The number of nitrogens with zero attached hydrogens (tertiary/aromatic N) is 2. The highest BCUT2D eigenvalue weighted by Crippen LogP contribution is 2.33. The van der Waals surface area contributed by atoms with Crippen LogP contribution in [0.1, 0.15) is 55.2 Å². The van der Waals surface area contributed by atoms with E-state index in [4.69, 9.17) is 9.72 Å². The minimum Gasteiger partial charge on any atom is -0.497 e. The zero-order valence-electron chi connectivity index (χ0n) is 22.9. The summed E-state index contributed by atoms with van der Waals surface area (Å²) in [6, 6.07) is 32.5. The molecule has 0 aliphatic heterocycles. The van der Waals surface area contributed by atoms with Crippen LogP contribution >= 0.6 is 0 Å². The molecule has 1 N–H and O–H groups in total. The van der Waals surface area contributed by atoms with Crippen LogP contribution in [-0.4, -0.2) is 22.6 Å². The molecule has 4 aromatic carbocycles. The lowest BCUT2D eigenvalue weighted by atomic mass is 10.00. The molecule has 0 spiro atoms. The Bertz CT molecular complexity index is 1560. The topological polar surface area (TPSA) is 56.1 Å². The Kier molecular flexibility index (Phi) is 8.07. The number of unbranched alkanes of at least 4 members (excludes halogenated alkanes) is 1. The van der Waals surface area contributed by atoms with E-state index >= 15 is 0 Å². The second kappa shape index (κ2) is 12.0. The van der Waals surface area contributed by atoms with Gasteiger partial charge in [-0.15, -0.1) is 0 Å². The van der Waals surface area contributed by atoms with Crippen LogP contribution in [0.2, 0.25) is 0 Å². The number of imidazole rings is 1. The first-order valence-corrected chi connectivity index (χ1v) is 13.7. The van der Waals surface area contributed by atoms with Crippen molar-refractivity contribution >= 4 is 16.7 Å². The molecule has 0 aliphatic carbocycles. The molecule has 1 unspecified atom stereocenters. The van der Waals surface area contributed by atoms with Crippen molar-refractivity contribution in [1.82, 2.24) is 14.9 Å². The number of hydrogen-bond acceptors (Lipinski definition) is 3. The summed E-state index contributed by atoms with van der Waals surface area (Å²) >= 11 is 0. The predicted molar refractivity (Wildman–Crippen MR) is 159 cm³/mol. The Morgan fingerprint density at radius 2 is 1.56 bits per heavy atom. The number of carbonyl (C=O) groups is 1. The number of rotatable bonds is 10. The molecule has 0 saturated heterocycles. The summed E-state index contributed by atoms with van der Waals surface area (Å²) in [6.45, 7) is 4.86. The lowest BCUT2D eigenvalue weighted by Gasteiger charge is -2.20. The summed E-state index contributed by atoms with van der Waals surface area (Å²) in [5.74, 6) is 1.50. The average molecular weight is 518 g/mol. The van der Waals surface area contributed by atoms with Crippen molar-refractivity contribution < 1.29 is 9.53 Å². The molecule has 1 heterocycles. The van der Waals surface area contributed by atoms with E-state index in [1.54, 1.807) is 7.11 Å². The van der Waals surface area contributed by atoms with Crippen LogP contribution in [0.25, 0.3) is 33.4 Å². The fourth-order valence-corrected chi connectivity index (χ4v) is 5.14. The van der Waals surface area contributed by atoms with Crippen LogP contribution < -0.4 is 10.1 Å². The van der Waals surface area contributed by atoms with Gasteiger partial charge in [0.15, 0.2) is 0 Å². The molecule has 198 valence electrons. The Hall–Kier alpha value is -4.38. The van der Waals surface area contributed by atoms with E-state index in [0.29, 0.717) is 17.9 Å². The third kappa shape index (κ3) is 5.58. The van der Waals surface area contributed by atoms with Crippen molar-refractivity contribution in [3.63, 3.8) is 0 Å². The third-order valence-electron chi connectivity index (χ3n) is 7.21. The lowest BCUT2D eigenvalue weighted by Crippen LogP contribution is -2.31. The Morgan fingerprint density at radius 1 is 0.872 bits per heavy atom. The average Bonchev–Trinajstić information content (AvgIpc) is 3.39. The number of methoxy groups -OCH3 is 1. The van der Waals surface area contributed by atoms with E-state index in [-0.39, 0.29) is 11.9 Å². The second-order valence-corrected chi connectivity index (χ2v) is 9.75. The van der Waals surface area contributed by atoms with E-state index in [1.807, 2.05) is 77.4 Å². The van der Waals surface area contributed by atoms with E-state index in [2.05, 4.69) is 43.4 Å². The second-order valence-electron chi connectivity index (χ2n) is 9.75. The minimum atomic E-state index is -0.110. The van der Waals surface area contributed by atoms with Crippen molar-refractivity contribution in [1.29, 1.82) is 0 Å². The monoisotopic (exact) mass is 517 g/mol. The van der Waals surface area contributed by atoms with Crippen molar-refractivity contribution in [3.8, 4) is 28.4 Å². The Morgan fingerprint density at radius 3 is 2.26 bits per heavy atom. The fourth-order valence-electron chi connectivity index (χ4n) is 5.14. The molecule has 5 heteroatoms. The van der Waals surface area contributed by atoms with Crippen LogP contribution in [0.15, 0.2) is 97.1 Å². The summed E-state index contributed by atoms with van der Waals surface area (Å²) in [5.41, 5.74) is 4.28. The molecule has 5 nitrogen and oxygen atoms in total. The number of benzene rings is 4. The molecule has 0 saturated carbocycles. The van der Waals surface area contributed by atoms with Crippen molar-refractivity contribution in [3.05, 3.63) is 108 Å². The van der Waals surface area contributed by atoms with Crippen LogP contribution in [0.4, 0.5) is 0 Å². The first-order chi connectivity index (χ1) is 19.1. The van der Waals surface area contributed by atoms with Gasteiger partial charge in [-0.1, -0.05) is 98.6 Å². The fraction of sp³-hybridized carbons (Fsp3) is 0.235. The Balaban J connectivity index is 1.63. The van der Waals surface area contributed by atoms with E-state index in [0.717, 1.165) is 58.3 Å². The number of carbonyl (C=O) groups excluding carboxylic acids is 1. The molecular weight excluding hydrogens is 482 g/mol. The predicted octanol–water partition coefficient (Wildman–Crippen LogP) is 8.06. The molecule has 1 amide bonds. The highest BCUT2D eigenvalue weighted by atomic mass is 16.5. The normalized spacial score (nSPS) is 11.9. The summed E-state index contributed by atoms with van der Waals surface area (Å²) in [6.07, 6.45) is 2.98. The highest BCUT2D eigenvalue weighted by molar-refractivity contribution is 6.01. The summed E-state index contributed by atoms with van der Waals surface area (Å²) in [5, 5.41) is 5.51. The lowest BCUT2D eigenvalue weighted by molar-refractivity contribution is 0.0925. The SMILES string of the molecule is CCCCC(NC(=O)c1c(-c2ccc3cc(OC)ccc3c2)nc(-c2ccccc2)n1CC)c1ccccc1. The van der Waals surface area contributed by atoms with Gasteiger partial charge in [0.25, 0.3) is 5.91 Å². The molecule has 0 radical (unpaired) electrons. The maximum absolute atomic E-state index is 14.2. The van der Waals surface area contributed by atoms with E-state index in [1.165, 1.54) is 0 Å². The molecule has 1 aromatic heterocycles. The van der Waals surface area contributed by atoms with Crippen LogP contribution in [0.3, 0.4) is 0 Å². The maximum Gasteiger partial charge on any atom is 0.270 e. The zero-order chi connectivity index (χ0) is 27.2. The molecule has 0 fully saturated rings. The van der Waals surface area contributed by atoms with Gasteiger partial charge < -0.3 is 14.6 Å². The van der Waals surface area contributed by atoms with Crippen LogP contribution in [-0.2, 0) is 6.54 Å². The first-order valence-electron chi connectivity index (χ1n) is 13.7. The number of nitrogens with one attached hydrogen (secondary N) is 1. The van der Waals surface area contributed by atoms with Gasteiger partial charge in [-0.25, -0.2) is 4.98 Å². The van der Waals surface area contributed by atoms with Gasteiger partial charge in [-0.2, -0.15) is 0 Å². The highest BCUT2D eigenvalue weighted by Gasteiger charge is 2.26. The molecule has 0 aliphatic rings. The molecule has 39 heavy (non-hydrogen) atoms. The van der Waals surface area contributed by atoms with Gasteiger partial charge in [-0.3, -0.25) is 4.79 Å². The van der Waals surface area contributed by atoms with Crippen molar-refractivity contribution in [2.75, 3.05) is 7.11 Å². The van der Waals surface area contributed by atoms with Gasteiger partial charge in [0.1, 0.15) is 23.0 Å². The molecule has 1 atom stereocenters. The van der Waals surface area contributed by atoms with Crippen LogP contribution in [0, 0.1) is 0 Å². The summed E-state index contributed by atoms with van der Waals surface area (Å²) in [4.78, 5) is 19.3. The number of hydrogen-bond donors (Lipinski definition) is 1. The molecule has 0 bridgehead atoms. The van der Waals surface area contributed by atoms with Gasteiger partial charge in [0, 0.05) is 17.7 Å². The molecule has 5 aromatic rings. The minimum absolute atomic E-state index is 0.0732. The smallest absolute Gasteiger partial charge is 0.270 e. The zero-order valence-corrected chi connectivity index (χ0v) is 22.9.